The van der Waals surface area contributed by atoms with Crippen LogP contribution in [0.5, 0.6) is 5.75 Å². The molecule has 3 rings (SSSR count). The number of hydrogen-bond donors (Lipinski definition) is 0. The average molecular weight is 309 g/mol. The fourth-order valence-electron chi connectivity index (χ4n) is 2.83. The van der Waals surface area contributed by atoms with Crippen molar-refractivity contribution in [1.82, 2.24) is 4.98 Å². The molecule has 0 saturated carbocycles. The van der Waals surface area contributed by atoms with Crippen LogP contribution < -0.4 is 9.64 Å². The number of benzene rings is 1. The Balaban J connectivity index is 1.72. The first-order chi connectivity index (χ1) is 11.3. The van der Waals surface area contributed by atoms with E-state index < -0.39 is 0 Å². The number of ether oxygens (including phenoxy) is 2. The summed E-state index contributed by atoms with van der Waals surface area (Å²) in [5.74, 6) is 1.60. The van der Waals surface area contributed by atoms with Crippen LogP contribution in [0.3, 0.4) is 0 Å². The predicted molar refractivity (Wildman–Crippen MR) is 87.6 cm³/mol. The zero-order valence-corrected chi connectivity index (χ0v) is 13.1. The highest BCUT2D eigenvalue weighted by Crippen LogP contribution is 2.21. The fraction of sp³-hybridized carbons (Fsp3) is 0.333. The lowest BCUT2D eigenvalue weighted by Gasteiger charge is -2.34. The molecule has 1 aliphatic heterocycles. The molecule has 1 saturated heterocycles. The molecule has 0 amide bonds. The molecule has 5 heteroatoms. The Morgan fingerprint density at radius 2 is 2.30 bits per heavy atom. The molecule has 23 heavy (non-hydrogen) atoms. The van der Waals surface area contributed by atoms with Gasteiger partial charge < -0.3 is 14.4 Å². The lowest BCUT2D eigenvalue weighted by atomic mass is 10.1. The van der Waals surface area contributed by atoms with Gasteiger partial charge in [-0.15, -0.1) is 0 Å². The van der Waals surface area contributed by atoms with Gasteiger partial charge >= 0.3 is 0 Å². The van der Waals surface area contributed by atoms with Gasteiger partial charge in [0.2, 0.25) is 0 Å². The molecule has 1 aromatic carbocycles. The third-order valence-corrected chi connectivity index (χ3v) is 3.94. The first-order valence-corrected chi connectivity index (χ1v) is 7.64. The number of anilines is 1. The number of rotatable bonds is 4. The van der Waals surface area contributed by atoms with E-state index in [0.717, 1.165) is 31.1 Å². The fourth-order valence-corrected chi connectivity index (χ4v) is 2.83. The van der Waals surface area contributed by atoms with Crippen LogP contribution in [0.15, 0.2) is 42.6 Å². The van der Waals surface area contributed by atoms with Gasteiger partial charge in [-0.1, -0.05) is 12.1 Å². The Morgan fingerprint density at radius 3 is 3.13 bits per heavy atom. The minimum absolute atomic E-state index is 0.0735. The van der Waals surface area contributed by atoms with Gasteiger partial charge in [-0.25, -0.2) is 4.98 Å². The van der Waals surface area contributed by atoms with Crippen molar-refractivity contribution in [2.45, 2.75) is 12.5 Å². The number of methoxy groups -OCH3 is 1. The molecular formula is C18H19N3O2. The van der Waals surface area contributed by atoms with E-state index in [1.165, 1.54) is 5.56 Å². The molecule has 0 radical (unpaired) electrons. The van der Waals surface area contributed by atoms with E-state index in [4.69, 9.17) is 9.47 Å². The van der Waals surface area contributed by atoms with E-state index in [-0.39, 0.29) is 6.10 Å². The van der Waals surface area contributed by atoms with Crippen LogP contribution in [0.2, 0.25) is 0 Å². The van der Waals surface area contributed by atoms with E-state index in [2.05, 4.69) is 22.0 Å². The molecule has 0 spiro atoms. The SMILES string of the molecule is COc1cccc(C[C@@H]2CN(c3ncccc3C#N)CCO2)c1. The van der Waals surface area contributed by atoms with Crippen LogP contribution in [0.1, 0.15) is 11.1 Å². The van der Waals surface area contributed by atoms with Crippen molar-refractivity contribution in [1.29, 1.82) is 5.26 Å². The molecule has 0 bridgehead atoms. The predicted octanol–water partition coefficient (Wildman–Crippen LogP) is 2.41. The Kier molecular flexibility index (Phi) is 4.74. The molecule has 0 N–H and O–H groups in total. The van der Waals surface area contributed by atoms with Gasteiger partial charge in [0.15, 0.2) is 0 Å². The summed E-state index contributed by atoms with van der Waals surface area (Å²) >= 11 is 0. The second-order valence-electron chi connectivity index (χ2n) is 5.48. The largest absolute Gasteiger partial charge is 0.497 e. The van der Waals surface area contributed by atoms with Crippen LogP contribution in [0.25, 0.3) is 0 Å². The lowest BCUT2D eigenvalue weighted by Crippen LogP contribution is -2.44. The average Bonchev–Trinajstić information content (AvgIpc) is 2.62. The molecule has 0 aliphatic carbocycles. The maximum absolute atomic E-state index is 9.25. The summed E-state index contributed by atoms with van der Waals surface area (Å²) in [6.45, 7) is 2.11. The van der Waals surface area contributed by atoms with Crippen molar-refractivity contribution in [3.63, 3.8) is 0 Å². The third-order valence-electron chi connectivity index (χ3n) is 3.94. The summed E-state index contributed by atoms with van der Waals surface area (Å²) in [7, 11) is 1.67. The van der Waals surface area contributed by atoms with E-state index in [1.54, 1.807) is 25.4 Å². The first kappa shape index (κ1) is 15.3. The first-order valence-electron chi connectivity index (χ1n) is 7.64. The quantitative estimate of drug-likeness (QED) is 0.868. The monoisotopic (exact) mass is 309 g/mol. The van der Waals surface area contributed by atoms with Crippen molar-refractivity contribution >= 4 is 5.82 Å². The lowest BCUT2D eigenvalue weighted by molar-refractivity contribution is 0.0408. The zero-order valence-electron chi connectivity index (χ0n) is 13.1. The molecule has 1 aliphatic rings. The second-order valence-corrected chi connectivity index (χ2v) is 5.48. The number of aromatic nitrogens is 1. The highest BCUT2D eigenvalue weighted by atomic mass is 16.5. The number of nitriles is 1. The Bertz CT molecular complexity index is 711. The van der Waals surface area contributed by atoms with Gasteiger partial charge in [0.1, 0.15) is 17.6 Å². The standard InChI is InChI=1S/C18H19N3O2/c1-22-16-6-2-4-14(10-16)11-17-13-21(8-9-23-17)18-15(12-19)5-3-7-20-18/h2-7,10,17H,8-9,11,13H2,1H3/t17-/m1/s1. The Labute approximate surface area is 136 Å². The smallest absolute Gasteiger partial charge is 0.146 e. The van der Waals surface area contributed by atoms with Crippen LogP contribution in [-0.2, 0) is 11.2 Å². The topological polar surface area (TPSA) is 58.4 Å². The van der Waals surface area contributed by atoms with Crippen molar-refractivity contribution < 1.29 is 9.47 Å². The summed E-state index contributed by atoms with van der Waals surface area (Å²) < 4.78 is 11.2. The van der Waals surface area contributed by atoms with E-state index >= 15 is 0 Å². The van der Waals surface area contributed by atoms with Crippen molar-refractivity contribution in [2.75, 3.05) is 31.7 Å². The van der Waals surface area contributed by atoms with Crippen LogP contribution in [0.4, 0.5) is 5.82 Å². The van der Waals surface area contributed by atoms with Crippen LogP contribution in [0, 0.1) is 11.3 Å². The van der Waals surface area contributed by atoms with Gasteiger partial charge in [-0.05, 0) is 29.8 Å². The highest BCUT2D eigenvalue weighted by molar-refractivity contribution is 5.53. The summed E-state index contributed by atoms with van der Waals surface area (Å²) in [6, 6.07) is 13.8. The number of morpholine rings is 1. The summed E-state index contributed by atoms with van der Waals surface area (Å²) in [5, 5.41) is 9.25. The van der Waals surface area contributed by atoms with Gasteiger partial charge in [0, 0.05) is 25.7 Å². The van der Waals surface area contributed by atoms with Gasteiger partial charge in [0.25, 0.3) is 0 Å². The van der Waals surface area contributed by atoms with Crippen LogP contribution in [-0.4, -0.2) is 37.9 Å². The molecular weight excluding hydrogens is 290 g/mol. The summed E-state index contributed by atoms with van der Waals surface area (Å²) in [5.41, 5.74) is 1.78. The van der Waals surface area contributed by atoms with Crippen LogP contribution >= 0.6 is 0 Å². The summed E-state index contributed by atoms with van der Waals surface area (Å²) in [4.78, 5) is 6.50. The second kappa shape index (κ2) is 7.12. The van der Waals surface area contributed by atoms with Gasteiger partial charge in [0.05, 0.1) is 25.4 Å². The van der Waals surface area contributed by atoms with E-state index in [9.17, 15) is 5.26 Å². The molecule has 5 nitrogen and oxygen atoms in total. The normalized spacial score (nSPS) is 17.6. The molecule has 1 aromatic heterocycles. The van der Waals surface area contributed by atoms with Gasteiger partial charge in [-0.3, -0.25) is 0 Å². The number of nitrogens with zero attached hydrogens (tertiary/aromatic N) is 3. The Morgan fingerprint density at radius 1 is 1.39 bits per heavy atom. The Hall–Kier alpha value is -2.58. The molecule has 118 valence electrons. The molecule has 1 atom stereocenters. The molecule has 2 heterocycles. The minimum Gasteiger partial charge on any atom is -0.497 e. The maximum Gasteiger partial charge on any atom is 0.146 e. The molecule has 2 aromatic rings. The molecule has 1 fully saturated rings. The number of pyridine rings is 1. The van der Waals surface area contributed by atoms with E-state index in [1.807, 2.05) is 18.2 Å². The third kappa shape index (κ3) is 3.61. The molecule has 0 unspecified atom stereocenters. The minimum atomic E-state index is 0.0735. The number of hydrogen-bond acceptors (Lipinski definition) is 5. The van der Waals surface area contributed by atoms with Gasteiger partial charge in [-0.2, -0.15) is 5.26 Å². The van der Waals surface area contributed by atoms with Crippen molar-refractivity contribution in [2.24, 2.45) is 0 Å². The highest BCUT2D eigenvalue weighted by Gasteiger charge is 2.23. The van der Waals surface area contributed by atoms with E-state index in [0.29, 0.717) is 12.2 Å². The van der Waals surface area contributed by atoms with Crippen molar-refractivity contribution in [3.05, 3.63) is 53.7 Å². The maximum atomic E-state index is 9.25. The summed E-state index contributed by atoms with van der Waals surface area (Å²) in [6.07, 6.45) is 2.61. The van der Waals surface area contributed by atoms with Crippen molar-refractivity contribution in [3.8, 4) is 11.8 Å². The zero-order chi connectivity index (χ0) is 16.1.